The smallest absolute Gasteiger partial charge is 0.161 e. The van der Waals surface area contributed by atoms with Crippen molar-refractivity contribution in [3.8, 4) is 0 Å². The molecule has 2 aromatic carbocycles. The summed E-state index contributed by atoms with van der Waals surface area (Å²) in [6.07, 6.45) is 8.17. The van der Waals surface area contributed by atoms with Gasteiger partial charge in [-0.3, -0.25) is 0 Å². The van der Waals surface area contributed by atoms with Gasteiger partial charge in [-0.05, 0) is 42.4 Å². The van der Waals surface area contributed by atoms with Gasteiger partial charge in [0.1, 0.15) is 5.83 Å². The average Bonchev–Trinajstić information content (AvgIpc) is 2.70. The molecule has 0 aromatic heterocycles. The van der Waals surface area contributed by atoms with Crippen molar-refractivity contribution in [3.63, 3.8) is 0 Å². The molecule has 0 saturated carbocycles. The number of hydrogen-bond acceptors (Lipinski definition) is 0. The van der Waals surface area contributed by atoms with Crippen molar-refractivity contribution in [1.82, 2.24) is 0 Å². The minimum Gasteiger partial charge on any atom is -0.209 e. The highest BCUT2D eigenvalue weighted by molar-refractivity contribution is 5.61. The minimum absolute atomic E-state index is 0.196. The molecule has 0 nitrogen and oxygen atoms in total. The maximum Gasteiger partial charge on any atom is 0.161 e. The topological polar surface area (TPSA) is 0 Å². The highest BCUT2D eigenvalue weighted by atomic mass is 19.2. The molecule has 0 atom stereocenters. The standard InChI is InChI=1S/C25H32F2/c1-3-5-6-7-9-24(26)25(27)23-18-16-22(17-19-23)15-14-21-12-10-20(8-4-2)11-13-21/h10-13,16-19H,3-9,14-15H2,1-2H3. The highest BCUT2D eigenvalue weighted by Crippen LogP contribution is 2.25. The van der Waals surface area contributed by atoms with E-state index in [2.05, 4.69) is 38.1 Å². The van der Waals surface area contributed by atoms with Gasteiger partial charge in [0, 0.05) is 12.0 Å². The lowest BCUT2D eigenvalue weighted by Crippen LogP contribution is -1.93. The Labute approximate surface area is 163 Å². The van der Waals surface area contributed by atoms with Crippen molar-refractivity contribution in [2.45, 2.75) is 71.6 Å². The summed E-state index contributed by atoms with van der Waals surface area (Å²) < 4.78 is 28.2. The fraction of sp³-hybridized carbons (Fsp3) is 0.440. The maximum absolute atomic E-state index is 14.2. The lowest BCUT2D eigenvalue weighted by molar-refractivity contribution is 0.535. The third-order valence-electron chi connectivity index (χ3n) is 4.96. The first-order valence-electron chi connectivity index (χ1n) is 10.3. The zero-order chi connectivity index (χ0) is 19.5. The summed E-state index contributed by atoms with van der Waals surface area (Å²) in [5, 5.41) is 0. The van der Waals surface area contributed by atoms with E-state index in [4.69, 9.17) is 0 Å². The molecule has 0 aliphatic heterocycles. The van der Waals surface area contributed by atoms with Gasteiger partial charge in [0.05, 0.1) is 0 Å². The van der Waals surface area contributed by atoms with Crippen LogP contribution in [-0.2, 0) is 19.3 Å². The Kier molecular flexibility index (Phi) is 9.24. The number of benzene rings is 2. The first-order valence-corrected chi connectivity index (χ1v) is 10.3. The number of allylic oxidation sites excluding steroid dienone is 1. The molecule has 0 unspecified atom stereocenters. The van der Waals surface area contributed by atoms with E-state index in [0.29, 0.717) is 12.0 Å². The Balaban J connectivity index is 1.88. The molecule has 0 aliphatic carbocycles. The van der Waals surface area contributed by atoms with Gasteiger partial charge in [-0.1, -0.05) is 88.1 Å². The van der Waals surface area contributed by atoms with Crippen LogP contribution in [-0.4, -0.2) is 0 Å². The lowest BCUT2D eigenvalue weighted by atomic mass is 10.0. The van der Waals surface area contributed by atoms with Gasteiger partial charge in [0.15, 0.2) is 5.83 Å². The van der Waals surface area contributed by atoms with E-state index in [1.807, 2.05) is 12.1 Å². The number of hydrogen-bond donors (Lipinski definition) is 0. The van der Waals surface area contributed by atoms with E-state index in [1.54, 1.807) is 12.1 Å². The summed E-state index contributed by atoms with van der Waals surface area (Å²) in [4.78, 5) is 0. The molecule has 0 amide bonds. The zero-order valence-corrected chi connectivity index (χ0v) is 16.7. The van der Waals surface area contributed by atoms with Crippen molar-refractivity contribution in [3.05, 3.63) is 76.6 Å². The quantitative estimate of drug-likeness (QED) is 0.351. The SMILES string of the molecule is CCCCCCC(F)=C(F)c1ccc(CCc2ccc(CCC)cc2)cc1. The molecular weight excluding hydrogens is 338 g/mol. The molecule has 146 valence electrons. The third kappa shape index (κ3) is 7.28. The number of halogens is 2. The summed E-state index contributed by atoms with van der Waals surface area (Å²) >= 11 is 0. The first-order chi connectivity index (χ1) is 13.1. The number of rotatable bonds is 11. The van der Waals surface area contributed by atoms with E-state index in [0.717, 1.165) is 50.5 Å². The normalized spacial score (nSPS) is 12.1. The van der Waals surface area contributed by atoms with Crippen LogP contribution in [0, 0.1) is 0 Å². The van der Waals surface area contributed by atoms with Gasteiger partial charge in [-0.15, -0.1) is 0 Å². The van der Waals surface area contributed by atoms with E-state index < -0.39 is 11.7 Å². The Hall–Kier alpha value is -1.96. The summed E-state index contributed by atoms with van der Waals surface area (Å²) in [5.41, 5.74) is 4.18. The van der Waals surface area contributed by atoms with Crippen LogP contribution in [0.25, 0.3) is 5.83 Å². The summed E-state index contributed by atoms with van der Waals surface area (Å²) in [6.45, 7) is 4.30. The minimum atomic E-state index is -0.704. The molecule has 27 heavy (non-hydrogen) atoms. The molecule has 0 aliphatic rings. The van der Waals surface area contributed by atoms with E-state index >= 15 is 0 Å². The molecule has 2 aromatic rings. The summed E-state index contributed by atoms with van der Waals surface area (Å²) in [6, 6.07) is 16.0. The molecule has 0 saturated heterocycles. The third-order valence-corrected chi connectivity index (χ3v) is 4.96. The molecule has 2 heteroatoms. The Bertz CT molecular complexity index is 696. The van der Waals surface area contributed by atoms with Crippen LogP contribution in [0.4, 0.5) is 8.78 Å². The molecule has 0 N–H and O–H groups in total. The molecule has 0 radical (unpaired) electrons. The van der Waals surface area contributed by atoms with Crippen molar-refractivity contribution in [2.24, 2.45) is 0 Å². The van der Waals surface area contributed by atoms with Gasteiger partial charge in [0.2, 0.25) is 0 Å². The lowest BCUT2D eigenvalue weighted by Gasteiger charge is -2.06. The summed E-state index contributed by atoms with van der Waals surface area (Å²) in [5.74, 6) is -1.32. The van der Waals surface area contributed by atoms with Gasteiger partial charge in [0.25, 0.3) is 0 Å². The van der Waals surface area contributed by atoms with Crippen LogP contribution in [0.2, 0.25) is 0 Å². The van der Waals surface area contributed by atoms with Gasteiger partial charge >= 0.3 is 0 Å². The van der Waals surface area contributed by atoms with Crippen molar-refractivity contribution in [1.29, 1.82) is 0 Å². The predicted octanol–water partition coefficient (Wildman–Crippen LogP) is 8.00. The highest BCUT2D eigenvalue weighted by Gasteiger charge is 2.09. The molecular formula is C25H32F2. The van der Waals surface area contributed by atoms with Crippen LogP contribution < -0.4 is 0 Å². The Morgan fingerprint density at radius 1 is 0.630 bits per heavy atom. The van der Waals surface area contributed by atoms with E-state index in [-0.39, 0.29) is 6.42 Å². The van der Waals surface area contributed by atoms with Crippen LogP contribution in [0.5, 0.6) is 0 Å². The van der Waals surface area contributed by atoms with Crippen LogP contribution in [0.3, 0.4) is 0 Å². The monoisotopic (exact) mass is 370 g/mol. The Morgan fingerprint density at radius 2 is 1.15 bits per heavy atom. The first kappa shape index (κ1) is 21.3. The number of unbranched alkanes of at least 4 members (excludes halogenated alkanes) is 3. The Morgan fingerprint density at radius 3 is 1.67 bits per heavy atom. The van der Waals surface area contributed by atoms with Crippen molar-refractivity contribution < 1.29 is 8.78 Å². The zero-order valence-electron chi connectivity index (χ0n) is 16.7. The molecule has 0 heterocycles. The molecule has 2 rings (SSSR count). The van der Waals surface area contributed by atoms with E-state index in [1.165, 1.54) is 11.1 Å². The fourth-order valence-corrected chi connectivity index (χ4v) is 3.24. The van der Waals surface area contributed by atoms with Gasteiger partial charge in [-0.25, -0.2) is 8.78 Å². The second kappa shape index (κ2) is 11.7. The van der Waals surface area contributed by atoms with Gasteiger partial charge < -0.3 is 0 Å². The molecule has 0 fully saturated rings. The summed E-state index contributed by atoms with van der Waals surface area (Å²) in [7, 11) is 0. The van der Waals surface area contributed by atoms with Crippen molar-refractivity contribution >= 4 is 5.83 Å². The van der Waals surface area contributed by atoms with Crippen LogP contribution in [0.1, 0.15) is 74.6 Å². The second-order valence-corrected chi connectivity index (χ2v) is 7.29. The fourth-order valence-electron chi connectivity index (χ4n) is 3.24. The predicted molar refractivity (Wildman–Crippen MR) is 112 cm³/mol. The second-order valence-electron chi connectivity index (χ2n) is 7.29. The molecule has 0 bridgehead atoms. The van der Waals surface area contributed by atoms with E-state index in [9.17, 15) is 8.78 Å². The van der Waals surface area contributed by atoms with Crippen LogP contribution in [0.15, 0.2) is 54.4 Å². The number of aryl methyl sites for hydroxylation is 3. The maximum atomic E-state index is 14.2. The van der Waals surface area contributed by atoms with Gasteiger partial charge in [-0.2, -0.15) is 0 Å². The largest absolute Gasteiger partial charge is 0.209 e. The van der Waals surface area contributed by atoms with Crippen LogP contribution >= 0.6 is 0 Å². The average molecular weight is 371 g/mol. The molecule has 0 spiro atoms. The van der Waals surface area contributed by atoms with Crippen molar-refractivity contribution in [2.75, 3.05) is 0 Å².